The molecule has 1 rings (SSSR count). The van der Waals surface area contributed by atoms with Crippen molar-refractivity contribution in [3.05, 3.63) is 24.3 Å². The Kier molecular flexibility index (Phi) is 4.53. The molecule has 1 aromatic rings. The maximum absolute atomic E-state index is 12.3. The van der Waals surface area contributed by atoms with Crippen LogP contribution in [0.4, 0.5) is 11.4 Å². The molecular weight excluding hydrogens is 244 g/mol. The summed E-state index contributed by atoms with van der Waals surface area (Å²) in [7, 11) is 0. The van der Waals surface area contributed by atoms with E-state index >= 15 is 0 Å². The number of carboxylic acids is 1. The molecule has 0 saturated heterocycles. The number of anilines is 2. The summed E-state index contributed by atoms with van der Waals surface area (Å²) >= 11 is 0. The second-order valence-corrected chi connectivity index (χ2v) is 5.67. The van der Waals surface area contributed by atoms with Crippen molar-refractivity contribution in [2.45, 2.75) is 27.2 Å². The van der Waals surface area contributed by atoms with Gasteiger partial charge in [0.15, 0.2) is 0 Å². The minimum Gasteiger partial charge on any atom is -0.480 e. The highest BCUT2D eigenvalue weighted by Gasteiger charge is 2.25. The first-order chi connectivity index (χ1) is 8.70. The molecule has 0 unspecified atom stereocenters. The van der Waals surface area contributed by atoms with Gasteiger partial charge in [-0.05, 0) is 17.5 Å². The average molecular weight is 264 g/mol. The lowest BCUT2D eigenvalue weighted by Crippen LogP contribution is -2.38. The molecule has 0 spiro atoms. The van der Waals surface area contributed by atoms with Crippen molar-refractivity contribution in [1.29, 1.82) is 0 Å². The van der Waals surface area contributed by atoms with Crippen LogP contribution in [0.15, 0.2) is 24.3 Å². The van der Waals surface area contributed by atoms with Gasteiger partial charge in [0, 0.05) is 6.42 Å². The number of carbonyl (C=O) groups excluding carboxylic acids is 1. The van der Waals surface area contributed by atoms with Crippen LogP contribution in [-0.2, 0) is 9.59 Å². The number of aliphatic carboxylic acids is 1. The molecule has 5 nitrogen and oxygen atoms in total. The second-order valence-electron chi connectivity index (χ2n) is 5.67. The van der Waals surface area contributed by atoms with E-state index in [1.165, 1.54) is 4.90 Å². The van der Waals surface area contributed by atoms with Gasteiger partial charge in [0.05, 0.1) is 11.4 Å². The lowest BCUT2D eigenvalue weighted by molar-refractivity contribution is -0.136. The molecule has 0 atom stereocenters. The van der Waals surface area contributed by atoms with Gasteiger partial charge in [-0.3, -0.25) is 14.5 Å². The van der Waals surface area contributed by atoms with Crippen LogP contribution in [-0.4, -0.2) is 23.5 Å². The molecule has 0 saturated carbocycles. The van der Waals surface area contributed by atoms with Crippen molar-refractivity contribution in [2.75, 3.05) is 17.2 Å². The highest BCUT2D eigenvalue weighted by Crippen LogP contribution is 2.26. The topological polar surface area (TPSA) is 83.6 Å². The zero-order chi connectivity index (χ0) is 14.6. The van der Waals surface area contributed by atoms with Crippen molar-refractivity contribution >= 4 is 23.3 Å². The van der Waals surface area contributed by atoms with Crippen LogP contribution < -0.4 is 10.6 Å². The van der Waals surface area contributed by atoms with Crippen LogP contribution >= 0.6 is 0 Å². The van der Waals surface area contributed by atoms with Crippen molar-refractivity contribution in [3.63, 3.8) is 0 Å². The average Bonchev–Trinajstić information content (AvgIpc) is 2.24. The summed E-state index contributed by atoms with van der Waals surface area (Å²) in [4.78, 5) is 24.4. The number of hydrogen-bond acceptors (Lipinski definition) is 3. The molecular formula is C14H20N2O3. The molecule has 19 heavy (non-hydrogen) atoms. The SMILES string of the molecule is CC(C)(C)CC(=O)N(CC(=O)O)c1ccccc1N. The van der Waals surface area contributed by atoms with Crippen molar-refractivity contribution in [1.82, 2.24) is 0 Å². The van der Waals surface area contributed by atoms with E-state index in [9.17, 15) is 9.59 Å². The van der Waals surface area contributed by atoms with E-state index in [0.29, 0.717) is 11.4 Å². The van der Waals surface area contributed by atoms with Crippen molar-refractivity contribution in [2.24, 2.45) is 5.41 Å². The summed E-state index contributed by atoms with van der Waals surface area (Å²) in [5.74, 6) is -1.31. The Bertz CT molecular complexity index is 478. The fraction of sp³-hybridized carbons (Fsp3) is 0.429. The van der Waals surface area contributed by atoms with E-state index in [1.54, 1.807) is 24.3 Å². The third-order valence-electron chi connectivity index (χ3n) is 2.50. The van der Waals surface area contributed by atoms with Gasteiger partial charge in [-0.1, -0.05) is 32.9 Å². The summed E-state index contributed by atoms with van der Waals surface area (Å²) in [6.45, 7) is 5.40. The molecule has 0 aliphatic rings. The van der Waals surface area contributed by atoms with Crippen LogP contribution in [0.25, 0.3) is 0 Å². The van der Waals surface area contributed by atoms with Crippen LogP contribution in [0.2, 0.25) is 0 Å². The monoisotopic (exact) mass is 264 g/mol. The second kappa shape index (κ2) is 5.73. The van der Waals surface area contributed by atoms with Crippen molar-refractivity contribution < 1.29 is 14.7 Å². The highest BCUT2D eigenvalue weighted by atomic mass is 16.4. The fourth-order valence-electron chi connectivity index (χ4n) is 1.73. The Labute approximate surface area is 113 Å². The number of rotatable bonds is 4. The first-order valence-corrected chi connectivity index (χ1v) is 6.07. The van der Waals surface area contributed by atoms with Crippen molar-refractivity contribution in [3.8, 4) is 0 Å². The number of carbonyl (C=O) groups is 2. The van der Waals surface area contributed by atoms with Gasteiger partial charge < -0.3 is 10.8 Å². The summed E-state index contributed by atoms with van der Waals surface area (Å²) in [6, 6.07) is 6.77. The summed E-state index contributed by atoms with van der Waals surface area (Å²) in [6.07, 6.45) is 0.259. The van der Waals surface area contributed by atoms with E-state index in [0.717, 1.165) is 0 Å². The third-order valence-corrected chi connectivity index (χ3v) is 2.50. The smallest absolute Gasteiger partial charge is 0.323 e. The first kappa shape index (κ1) is 15.0. The van der Waals surface area contributed by atoms with E-state index in [1.807, 2.05) is 20.8 Å². The van der Waals surface area contributed by atoms with Gasteiger partial charge in [-0.2, -0.15) is 0 Å². The van der Waals surface area contributed by atoms with E-state index in [-0.39, 0.29) is 24.3 Å². The molecule has 0 aliphatic carbocycles. The number of nitrogens with two attached hydrogens (primary N) is 1. The molecule has 3 N–H and O–H groups in total. The van der Waals surface area contributed by atoms with Crippen LogP contribution in [0.1, 0.15) is 27.2 Å². The molecule has 1 amide bonds. The number of benzene rings is 1. The Balaban J connectivity index is 3.05. The summed E-state index contributed by atoms with van der Waals surface area (Å²) < 4.78 is 0. The molecule has 0 aromatic heterocycles. The molecule has 0 radical (unpaired) electrons. The Morgan fingerprint density at radius 1 is 1.26 bits per heavy atom. The van der Waals surface area contributed by atoms with Gasteiger partial charge in [0.1, 0.15) is 6.54 Å². The first-order valence-electron chi connectivity index (χ1n) is 6.07. The largest absolute Gasteiger partial charge is 0.480 e. The van der Waals surface area contributed by atoms with Gasteiger partial charge in [-0.25, -0.2) is 0 Å². The predicted molar refractivity (Wildman–Crippen MR) is 74.9 cm³/mol. The fourth-order valence-corrected chi connectivity index (χ4v) is 1.73. The lowest BCUT2D eigenvalue weighted by Gasteiger charge is -2.26. The van der Waals surface area contributed by atoms with Crippen LogP contribution in [0.5, 0.6) is 0 Å². The zero-order valence-corrected chi connectivity index (χ0v) is 11.5. The van der Waals surface area contributed by atoms with Crippen LogP contribution in [0.3, 0.4) is 0 Å². The summed E-state index contributed by atoms with van der Waals surface area (Å²) in [5.41, 5.74) is 6.44. The quantitative estimate of drug-likeness (QED) is 0.816. The van der Waals surface area contributed by atoms with Gasteiger partial charge >= 0.3 is 5.97 Å². The minimum absolute atomic E-state index is 0.211. The maximum atomic E-state index is 12.3. The Morgan fingerprint density at radius 2 is 1.84 bits per heavy atom. The molecule has 0 aliphatic heterocycles. The number of carboxylic acid groups (broad SMARTS) is 1. The lowest BCUT2D eigenvalue weighted by atomic mass is 9.91. The normalized spacial score (nSPS) is 11.1. The maximum Gasteiger partial charge on any atom is 0.323 e. The Hall–Kier alpha value is -2.04. The predicted octanol–water partition coefficient (Wildman–Crippen LogP) is 2.12. The van der Waals surface area contributed by atoms with Gasteiger partial charge in [0.25, 0.3) is 0 Å². The van der Waals surface area contributed by atoms with E-state index in [2.05, 4.69) is 0 Å². The minimum atomic E-state index is -1.06. The highest BCUT2D eigenvalue weighted by molar-refractivity contribution is 6.00. The zero-order valence-electron chi connectivity index (χ0n) is 11.5. The molecule has 0 fully saturated rings. The van der Waals surface area contributed by atoms with Gasteiger partial charge in [-0.15, -0.1) is 0 Å². The third kappa shape index (κ3) is 4.62. The number of amides is 1. The number of para-hydroxylation sites is 2. The van der Waals surface area contributed by atoms with Crippen LogP contribution in [0, 0.1) is 5.41 Å². The molecule has 1 aromatic carbocycles. The molecule has 5 heteroatoms. The molecule has 0 heterocycles. The van der Waals surface area contributed by atoms with E-state index < -0.39 is 5.97 Å². The van der Waals surface area contributed by atoms with E-state index in [4.69, 9.17) is 10.8 Å². The number of hydrogen-bond donors (Lipinski definition) is 2. The molecule has 0 bridgehead atoms. The number of nitrogens with zero attached hydrogens (tertiary/aromatic N) is 1. The van der Waals surface area contributed by atoms with Gasteiger partial charge in [0.2, 0.25) is 5.91 Å². The Morgan fingerprint density at radius 3 is 2.32 bits per heavy atom. The molecule has 104 valence electrons. The standard InChI is InChI=1S/C14H20N2O3/c1-14(2,3)8-12(17)16(9-13(18)19)11-7-5-4-6-10(11)15/h4-7H,8-9,15H2,1-3H3,(H,18,19). The summed E-state index contributed by atoms with van der Waals surface area (Å²) in [5, 5.41) is 8.95. The number of nitrogen functional groups attached to an aromatic ring is 1.